The molecular weight excluding hydrogens is 342 g/mol. The van der Waals surface area contributed by atoms with Gasteiger partial charge in [0.2, 0.25) is 0 Å². The molecule has 0 aliphatic carbocycles. The maximum Gasteiger partial charge on any atom is 0.360 e. The molecule has 0 aliphatic heterocycles. The number of aromatic nitrogens is 2. The van der Waals surface area contributed by atoms with Gasteiger partial charge in [-0.25, -0.2) is 4.79 Å². The van der Waals surface area contributed by atoms with E-state index in [-0.39, 0.29) is 5.69 Å². The molecule has 1 aromatic heterocycles. The minimum absolute atomic E-state index is 0.162. The molecular formula is C21H17N3O3. The molecule has 0 unspecified atom stereocenters. The molecule has 6 heteroatoms. The van der Waals surface area contributed by atoms with Crippen LogP contribution >= 0.6 is 0 Å². The number of nitrogens with zero attached hydrogens (tertiary/aromatic N) is 1. The first-order valence-corrected chi connectivity index (χ1v) is 8.56. The highest BCUT2D eigenvalue weighted by atomic mass is 16.5. The summed E-state index contributed by atoms with van der Waals surface area (Å²) in [6, 6.07) is 20.6. The van der Waals surface area contributed by atoms with E-state index in [2.05, 4.69) is 15.5 Å². The standard InChI is InChI=1S/C21H17N3O3/c1-13(27-21(26)19-16-10-4-5-11-18(16)23-24-19)20(25)22-17-12-6-8-14-7-2-3-9-15(14)17/h2-13H,1H3,(H,22,25)(H,23,24)/t13-/m0/s1. The lowest BCUT2D eigenvalue weighted by Crippen LogP contribution is -2.30. The number of para-hydroxylation sites is 1. The van der Waals surface area contributed by atoms with E-state index in [0.29, 0.717) is 11.1 Å². The topological polar surface area (TPSA) is 84.1 Å². The molecule has 1 heterocycles. The summed E-state index contributed by atoms with van der Waals surface area (Å²) in [5, 5.41) is 12.2. The first-order valence-electron chi connectivity index (χ1n) is 8.56. The third-order valence-corrected chi connectivity index (χ3v) is 4.36. The van der Waals surface area contributed by atoms with Gasteiger partial charge in [-0.2, -0.15) is 5.10 Å². The highest BCUT2D eigenvalue weighted by Gasteiger charge is 2.22. The molecule has 2 N–H and O–H groups in total. The van der Waals surface area contributed by atoms with Gasteiger partial charge in [-0.1, -0.05) is 54.6 Å². The van der Waals surface area contributed by atoms with E-state index in [9.17, 15) is 9.59 Å². The smallest absolute Gasteiger partial charge is 0.360 e. The predicted octanol–water partition coefficient (Wildman–Crippen LogP) is 3.90. The Morgan fingerprint density at radius 3 is 2.52 bits per heavy atom. The fourth-order valence-corrected chi connectivity index (χ4v) is 2.96. The molecule has 0 spiro atoms. The minimum Gasteiger partial charge on any atom is -0.448 e. The van der Waals surface area contributed by atoms with Crippen molar-refractivity contribution in [2.45, 2.75) is 13.0 Å². The number of rotatable bonds is 4. The number of ether oxygens (including phenoxy) is 1. The van der Waals surface area contributed by atoms with Crippen LogP contribution in [0.5, 0.6) is 0 Å². The number of anilines is 1. The highest BCUT2D eigenvalue weighted by molar-refractivity contribution is 6.06. The van der Waals surface area contributed by atoms with Crippen LogP contribution in [-0.4, -0.2) is 28.2 Å². The molecule has 1 atom stereocenters. The Morgan fingerprint density at radius 1 is 0.963 bits per heavy atom. The fourth-order valence-electron chi connectivity index (χ4n) is 2.96. The van der Waals surface area contributed by atoms with Crippen molar-refractivity contribution in [3.05, 3.63) is 72.4 Å². The Kier molecular flexibility index (Phi) is 4.30. The molecule has 27 heavy (non-hydrogen) atoms. The van der Waals surface area contributed by atoms with Gasteiger partial charge in [0.15, 0.2) is 11.8 Å². The van der Waals surface area contributed by atoms with Gasteiger partial charge < -0.3 is 10.1 Å². The maximum atomic E-state index is 12.5. The third kappa shape index (κ3) is 3.25. The molecule has 0 saturated carbocycles. The number of nitrogens with one attached hydrogen (secondary N) is 2. The second kappa shape index (κ2) is 6.92. The molecule has 4 aromatic rings. The monoisotopic (exact) mass is 359 g/mol. The third-order valence-electron chi connectivity index (χ3n) is 4.36. The van der Waals surface area contributed by atoms with Gasteiger partial charge in [0.25, 0.3) is 5.91 Å². The predicted molar refractivity (Wildman–Crippen MR) is 104 cm³/mol. The second-order valence-corrected chi connectivity index (χ2v) is 6.18. The molecule has 0 radical (unpaired) electrons. The molecule has 6 nitrogen and oxygen atoms in total. The van der Waals surface area contributed by atoms with Crippen molar-refractivity contribution in [1.29, 1.82) is 0 Å². The number of H-pyrrole nitrogens is 1. The Labute approximate surface area is 155 Å². The van der Waals surface area contributed by atoms with Crippen LogP contribution in [0.25, 0.3) is 21.7 Å². The van der Waals surface area contributed by atoms with E-state index in [1.54, 1.807) is 6.07 Å². The first-order chi connectivity index (χ1) is 13.1. The molecule has 0 bridgehead atoms. The quantitative estimate of drug-likeness (QED) is 0.541. The summed E-state index contributed by atoms with van der Waals surface area (Å²) in [6.45, 7) is 1.53. The maximum absolute atomic E-state index is 12.5. The first kappa shape index (κ1) is 16.8. The summed E-state index contributed by atoms with van der Waals surface area (Å²) in [6.07, 6.45) is -0.966. The zero-order valence-electron chi connectivity index (χ0n) is 14.6. The van der Waals surface area contributed by atoms with Crippen LogP contribution in [0, 0.1) is 0 Å². The summed E-state index contributed by atoms with van der Waals surface area (Å²) < 4.78 is 5.32. The van der Waals surface area contributed by atoms with E-state index >= 15 is 0 Å². The van der Waals surface area contributed by atoms with Gasteiger partial charge >= 0.3 is 5.97 Å². The molecule has 4 rings (SSSR count). The number of carbonyl (C=O) groups is 2. The fraction of sp³-hybridized carbons (Fsp3) is 0.0952. The van der Waals surface area contributed by atoms with Crippen molar-refractivity contribution in [1.82, 2.24) is 10.2 Å². The number of aromatic amines is 1. The summed E-state index contributed by atoms with van der Waals surface area (Å²) in [5.74, 6) is -1.05. The number of hydrogen-bond donors (Lipinski definition) is 2. The molecule has 0 fully saturated rings. The van der Waals surface area contributed by atoms with Crippen molar-refractivity contribution >= 4 is 39.2 Å². The Morgan fingerprint density at radius 2 is 1.67 bits per heavy atom. The molecule has 0 saturated heterocycles. The van der Waals surface area contributed by atoms with Crippen LogP contribution in [0.3, 0.4) is 0 Å². The minimum atomic E-state index is -0.966. The lowest BCUT2D eigenvalue weighted by molar-refractivity contribution is -0.123. The summed E-state index contributed by atoms with van der Waals surface area (Å²) in [5.41, 5.74) is 1.57. The number of amides is 1. The number of hydrogen-bond acceptors (Lipinski definition) is 4. The van der Waals surface area contributed by atoms with Crippen molar-refractivity contribution in [2.75, 3.05) is 5.32 Å². The van der Waals surface area contributed by atoms with Crippen LogP contribution < -0.4 is 5.32 Å². The Hall–Kier alpha value is -3.67. The number of benzene rings is 3. The van der Waals surface area contributed by atoms with Gasteiger partial charge in [0, 0.05) is 16.5 Å². The lowest BCUT2D eigenvalue weighted by atomic mass is 10.1. The van der Waals surface area contributed by atoms with E-state index in [1.807, 2.05) is 60.7 Å². The van der Waals surface area contributed by atoms with Crippen LogP contribution in [-0.2, 0) is 9.53 Å². The van der Waals surface area contributed by atoms with Crippen molar-refractivity contribution in [3.63, 3.8) is 0 Å². The van der Waals surface area contributed by atoms with Crippen LogP contribution in [0.2, 0.25) is 0 Å². The molecule has 1 amide bonds. The SMILES string of the molecule is C[C@H](OC(=O)c1n[nH]c2ccccc12)C(=O)Nc1cccc2ccccc12. The number of fused-ring (bicyclic) bond motifs is 2. The van der Waals surface area contributed by atoms with Crippen molar-refractivity contribution < 1.29 is 14.3 Å². The summed E-state index contributed by atoms with van der Waals surface area (Å²) >= 11 is 0. The van der Waals surface area contributed by atoms with E-state index in [0.717, 1.165) is 16.3 Å². The average molecular weight is 359 g/mol. The Bertz CT molecular complexity index is 1140. The van der Waals surface area contributed by atoms with Gasteiger partial charge in [0.1, 0.15) is 0 Å². The Balaban J connectivity index is 1.50. The van der Waals surface area contributed by atoms with Crippen molar-refractivity contribution in [3.8, 4) is 0 Å². The number of carbonyl (C=O) groups excluding carboxylic acids is 2. The van der Waals surface area contributed by atoms with Gasteiger partial charge in [-0.15, -0.1) is 0 Å². The second-order valence-electron chi connectivity index (χ2n) is 6.18. The molecule has 0 aliphatic rings. The van der Waals surface area contributed by atoms with Gasteiger partial charge in [-0.05, 0) is 24.4 Å². The van der Waals surface area contributed by atoms with Crippen LogP contribution in [0.1, 0.15) is 17.4 Å². The van der Waals surface area contributed by atoms with Gasteiger partial charge in [-0.3, -0.25) is 9.89 Å². The average Bonchev–Trinajstić information content (AvgIpc) is 3.12. The zero-order chi connectivity index (χ0) is 18.8. The van der Waals surface area contributed by atoms with E-state index < -0.39 is 18.0 Å². The van der Waals surface area contributed by atoms with E-state index in [4.69, 9.17) is 4.74 Å². The normalized spacial score (nSPS) is 12.0. The van der Waals surface area contributed by atoms with Crippen LogP contribution in [0.4, 0.5) is 5.69 Å². The lowest BCUT2D eigenvalue weighted by Gasteiger charge is -2.14. The largest absolute Gasteiger partial charge is 0.448 e. The van der Waals surface area contributed by atoms with Gasteiger partial charge in [0.05, 0.1) is 5.52 Å². The summed E-state index contributed by atoms with van der Waals surface area (Å²) in [4.78, 5) is 24.9. The number of esters is 1. The van der Waals surface area contributed by atoms with E-state index in [1.165, 1.54) is 6.92 Å². The molecule has 3 aromatic carbocycles. The summed E-state index contributed by atoms with van der Waals surface area (Å²) in [7, 11) is 0. The zero-order valence-corrected chi connectivity index (χ0v) is 14.6. The van der Waals surface area contributed by atoms with Crippen LogP contribution in [0.15, 0.2) is 66.7 Å². The highest BCUT2D eigenvalue weighted by Crippen LogP contribution is 2.23. The molecule has 134 valence electrons. The van der Waals surface area contributed by atoms with Crippen molar-refractivity contribution in [2.24, 2.45) is 0 Å².